The van der Waals surface area contributed by atoms with E-state index in [2.05, 4.69) is 19.9 Å². The van der Waals surface area contributed by atoms with E-state index in [9.17, 15) is 9.90 Å². The normalized spacial score (nSPS) is 48.0. The highest BCUT2D eigenvalue weighted by molar-refractivity contribution is 6.07. The number of aliphatic hydroxyl groups excluding tert-OH is 1. The van der Waals surface area contributed by atoms with Crippen molar-refractivity contribution in [3.63, 3.8) is 0 Å². The molecule has 4 unspecified atom stereocenters. The van der Waals surface area contributed by atoms with Crippen LogP contribution in [0.3, 0.4) is 0 Å². The third-order valence-electron chi connectivity index (χ3n) is 10.6. The monoisotopic (exact) mass is 420 g/mol. The summed E-state index contributed by atoms with van der Waals surface area (Å²) in [5.74, 6) is 3.91. The van der Waals surface area contributed by atoms with Crippen LogP contribution in [0, 0.1) is 40.4 Å². The predicted octanol–water partition coefficient (Wildman–Crippen LogP) is 5.78. The second-order valence-electron chi connectivity index (χ2n) is 11.8. The molecule has 4 saturated carbocycles. The van der Waals surface area contributed by atoms with Gasteiger partial charge in [0.1, 0.15) is 6.10 Å². The average molecular weight is 421 g/mol. The van der Waals surface area contributed by atoms with E-state index in [0.29, 0.717) is 28.9 Å². The van der Waals surface area contributed by atoms with Crippen molar-refractivity contribution in [1.82, 2.24) is 0 Å². The molecule has 3 nitrogen and oxygen atoms in total. The van der Waals surface area contributed by atoms with Gasteiger partial charge in [-0.05, 0) is 91.9 Å². The number of aliphatic hydroxyl groups is 1. The number of carbonyl (C=O) groups excluding carboxylic acids is 1. The fourth-order valence-corrected chi connectivity index (χ4v) is 8.87. The number of rotatable bonds is 2. The van der Waals surface area contributed by atoms with Crippen molar-refractivity contribution in [2.75, 3.05) is 0 Å². The van der Waals surface area contributed by atoms with Gasteiger partial charge in [-0.2, -0.15) is 0 Å². The largest absolute Gasteiger partial charge is 0.486 e. The van der Waals surface area contributed by atoms with E-state index < -0.39 is 0 Å². The van der Waals surface area contributed by atoms with Gasteiger partial charge in [-0.1, -0.05) is 44.2 Å². The molecule has 1 aromatic carbocycles. The Morgan fingerprint density at radius 3 is 2.58 bits per heavy atom. The van der Waals surface area contributed by atoms with Crippen molar-refractivity contribution >= 4 is 5.78 Å². The molecule has 1 aliphatic heterocycles. The zero-order chi connectivity index (χ0) is 21.4. The summed E-state index contributed by atoms with van der Waals surface area (Å²) >= 11 is 0. The summed E-state index contributed by atoms with van der Waals surface area (Å²) in [6.45, 7) is 4.93. The summed E-state index contributed by atoms with van der Waals surface area (Å²) < 4.78 is 6.29. The summed E-state index contributed by atoms with van der Waals surface area (Å²) in [6, 6.07) is 9.55. The summed E-state index contributed by atoms with van der Waals surface area (Å²) in [6.07, 6.45) is 11.8. The van der Waals surface area contributed by atoms with Crippen LogP contribution in [0.4, 0.5) is 0 Å². The van der Waals surface area contributed by atoms with Crippen LogP contribution < -0.4 is 0 Å². The van der Waals surface area contributed by atoms with Gasteiger partial charge in [0.2, 0.25) is 5.78 Å². The minimum Gasteiger partial charge on any atom is -0.486 e. The molecule has 1 N–H and O–H groups in total. The lowest BCUT2D eigenvalue weighted by molar-refractivity contribution is -0.140. The van der Waals surface area contributed by atoms with E-state index in [1.54, 1.807) is 0 Å². The number of allylic oxidation sites excluding steroid dienone is 1. The molecule has 31 heavy (non-hydrogen) atoms. The van der Waals surface area contributed by atoms with Gasteiger partial charge in [-0.15, -0.1) is 0 Å². The van der Waals surface area contributed by atoms with Crippen LogP contribution in [0.25, 0.3) is 0 Å². The Balaban J connectivity index is 1.25. The SMILES string of the molecule is C[C@]12CCC3C(CC[C@H]4CC5OC(C(=O)c6ccccc6)=CC5C[C@]34C)[C@@H]1CC[C@@H]2O. The first-order valence-corrected chi connectivity index (χ1v) is 12.6. The Bertz CT molecular complexity index is 906. The molecule has 1 heterocycles. The number of ketones is 1. The Kier molecular flexibility index (Phi) is 4.49. The number of fused-ring (bicyclic) bond motifs is 6. The van der Waals surface area contributed by atoms with Crippen LogP contribution in [0.15, 0.2) is 42.2 Å². The van der Waals surface area contributed by atoms with Gasteiger partial charge in [-0.3, -0.25) is 4.79 Å². The zero-order valence-electron chi connectivity index (χ0n) is 18.9. The number of hydrogen-bond donors (Lipinski definition) is 1. The lowest BCUT2D eigenvalue weighted by Gasteiger charge is -2.61. The van der Waals surface area contributed by atoms with Crippen LogP contribution in [-0.4, -0.2) is 23.1 Å². The molecule has 4 aliphatic carbocycles. The first-order valence-electron chi connectivity index (χ1n) is 12.6. The van der Waals surface area contributed by atoms with Gasteiger partial charge in [-0.25, -0.2) is 0 Å². The number of ether oxygens (including phenoxy) is 1. The van der Waals surface area contributed by atoms with Crippen molar-refractivity contribution in [3.8, 4) is 0 Å². The van der Waals surface area contributed by atoms with Crippen LogP contribution >= 0.6 is 0 Å². The fourth-order valence-electron chi connectivity index (χ4n) is 8.87. The highest BCUT2D eigenvalue weighted by atomic mass is 16.5. The van der Waals surface area contributed by atoms with Gasteiger partial charge in [0.05, 0.1) is 6.10 Å². The number of benzene rings is 1. The molecular formula is C28H36O3. The molecule has 0 amide bonds. The Hall–Kier alpha value is -1.61. The Labute approximate surface area is 186 Å². The third-order valence-corrected chi connectivity index (χ3v) is 10.6. The van der Waals surface area contributed by atoms with Crippen molar-refractivity contribution in [2.24, 2.45) is 40.4 Å². The average Bonchev–Trinajstić information content (AvgIpc) is 3.31. The quantitative estimate of drug-likeness (QED) is 0.617. The lowest BCUT2D eigenvalue weighted by atomic mass is 9.44. The molecular weight excluding hydrogens is 384 g/mol. The second-order valence-corrected chi connectivity index (χ2v) is 11.8. The van der Waals surface area contributed by atoms with Gasteiger partial charge in [0.15, 0.2) is 5.76 Å². The summed E-state index contributed by atoms with van der Waals surface area (Å²) in [7, 11) is 0. The van der Waals surface area contributed by atoms with Crippen molar-refractivity contribution in [3.05, 3.63) is 47.7 Å². The van der Waals surface area contributed by atoms with Gasteiger partial charge < -0.3 is 9.84 Å². The standard InChI is InChI=1S/C28H36O3/c1-27-13-12-22-20(21(27)10-11-25(27)29)9-8-19-15-23-18(16-28(19,22)2)14-24(31-23)26(30)17-6-4-3-5-7-17/h3-7,14,18-23,25,29H,8-13,15-16H2,1-2H3/t18?,19-,20?,21-,22?,23?,25-,27-,28-/m0/s1. The molecule has 166 valence electrons. The number of Topliss-reactive ketones (excluding diaryl/α,β-unsaturated/α-hetero) is 1. The molecule has 6 rings (SSSR count). The smallest absolute Gasteiger partial charge is 0.227 e. The van der Waals surface area contributed by atoms with E-state index in [4.69, 9.17) is 4.74 Å². The molecule has 0 spiro atoms. The first-order chi connectivity index (χ1) is 14.9. The Morgan fingerprint density at radius 1 is 1.00 bits per heavy atom. The highest BCUT2D eigenvalue weighted by Crippen LogP contribution is 2.67. The fraction of sp³-hybridized carbons (Fsp3) is 0.679. The maximum atomic E-state index is 13.0. The van der Waals surface area contributed by atoms with Crippen LogP contribution in [0.5, 0.6) is 0 Å². The van der Waals surface area contributed by atoms with Crippen LogP contribution in [0.2, 0.25) is 0 Å². The summed E-state index contributed by atoms with van der Waals surface area (Å²) in [4.78, 5) is 13.0. The van der Waals surface area contributed by atoms with Gasteiger partial charge in [0.25, 0.3) is 0 Å². The summed E-state index contributed by atoms with van der Waals surface area (Å²) in [5, 5.41) is 10.7. The molecule has 4 fully saturated rings. The van der Waals surface area contributed by atoms with E-state index in [0.717, 1.165) is 36.7 Å². The number of carbonyl (C=O) groups is 1. The van der Waals surface area contributed by atoms with Crippen molar-refractivity contribution in [1.29, 1.82) is 0 Å². The zero-order valence-corrected chi connectivity index (χ0v) is 18.9. The van der Waals surface area contributed by atoms with Crippen LogP contribution in [0.1, 0.15) is 75.6 Å². The summed E-state index contributed by atoms with van der Waals surface area (Å²) in [5.41, 5.74) is 1.21. The predicted molar refractivity (Wildman–Crippen MR) is 120 cm³/mol. The minimum absolute atomic E-state index is 0.0365. The van der Waals surface area contributed by atoms with Crippen molar-refractivity contribution < 1.29 is 14.6 Å². The van der Waals surface area contributed by atoms with Crippen LogP contribution in [-0.2, 0) is 4.74 Å². The van der Waals surface area contributed by atoms with E-state index >= 15 is 0 Å². The van der Waals surface area contributed by atoms with E-state index in [1.165, 1.54) is 32.1 Å². The maximum absolute atomic E-state index is 13.0. The van der Waals surface area contributed by atoms with Gasteiger partial charge >= 0.3 is 0 Å². The second kappa shape index (κ2) is 6.94. The molecule has 0 radical (unpaired) electrons. The highest BCUT2D eigenvalue weighted by Gasteiger charge is 2.61. The molecule has 3 heteroatoms. The van der Waals surface area contributed by atoms with E-state index in [-0.39, 0.29) is 23.4 Å². The molecule has 0 bridgehead atoms. The topological polar surface area (TPSA) is 46.5 Å². The Morgan fingerprint density at radius 2 is 1.77 bits per heavy atom. The minimum atomic E-state index is -0.0996. The number of hydrogen-bond acceptors (Lipinski definition) is 3. The first kappa shape index (κ1) is 20.0. The van der Waals surface area contributed by atoms with Crippen molar-refractivity contribution in [2.45, 2.75) is 77.4 Å². The lowest BCUT2D eigenvalue weighted by Crippen LogP contribution is -2.55. The molecule has 1 aromatic rings. The maximum Gasteiger partial charge on any atom is 0.227 e. The molecule has 0 aromatic heterocycles. The third kappa shape index (κ3) is 2.84. The van der Waals surface area contributed by atoms with Gasteiger partial charge in [0, 0.05) is 11.5 Å². The molecule has 5 aliphatic rings. The molecule has 0 saturated heterocycles. The molecule has 9 atom stereocenters. The van der Waals surface area contributed by atoms with E-state index in [1.807, 2.05) is 30.3 Å².